The molecule has 3 heterocycles. The lowest BCUT2D eigenvalue weighted by atomic mass is 9.78. The van der Waals surface area contributed by atoms with Gasteiger partial charge in [-0.1, -0.05) is 183 Å². The van der Waals surface area contributed by atoms with Gasteiger partial charge in [0, 0.05) is 45.1 Å². The monoisotopic (exact) mass is 911 g/mol. The highest BCUT2D eigenvalue weighted by Gasteiger charge is 2.27. The van der Waals surface area contributed by atoms with E-state index in [0.29, 0.717) is 17.0 Å². The zero-order valence-corrected chi connectivity index (χ0v) is 41.2. The number of phenolic OH excluding ortho intramolecular Hbond substituents is 1. The Kier molecular flexibility index (Phi) is 10.7. The topological polar surface area (TPSA) is 64.1 Å². The van der Waals surface area contributed by atoms with Crippen molar-refractivity contribution >= 4 is 33.0 Å². The van der Waals surface area contributed by atoms with Gasteiger partial charge in [0.15, 0.2) is 0 Å². The van der Waals surface area contributed by atoms with Crippen molar-refractivity contribution in [2.24, 2.45) is 0 Å². The van der Waals surface area contributed by atoms with Crippen molar-refractivity contribution in [3.05, 3.63) is 217 Å². The molecule has 5 heteroatoms. The Bertz CT molecular complexity index is 3750. The van der Waals surface area contributed by atoms with Gasteiger partial charge in [-0.25, -0.2) is 4.98 Å². The van der Waals surface area contributed by atoms with E-state index in [-0.39, 0.29) is 22.0 Å². The molecule has 0 spiro atoms. The summed E-state index contributed by atoms with van der Waals surface area (Å²) >= 11 is 0. The zero-order chi connectivity index (χ0) is 48.5. The first-order chi connectivity index (χ1) is 33.6. The Balaban J connectivity index is 1.10. The fraction of sp³-hybridized carbons (Fsp3) is 0.169. The summed E-state index contributed by atoms with van der Waals surface area (Å²) in [4.78, 5) is 10.6. The molecule has 0 fully saturated rings. The van der Waals surface area contributed by atoms with Crippen LogP contribution in [0.4, 0.5) is 0 Å². The number of fused-ring (bicyclic) bond motifs is 4. The maximum absolute atomic E-state index is 12.1. The summed E-state index contributed by atoms with van der Waals surface area (Å²) in [6.45, 7) is 18.1. The van der Waals surface area contributed by atoms with Crippen molar-refractivity contribution in [3.8, 4) is 67.5 Å². The van der Waals surface area contributed by atoms with Crippen LogP contribution >= 0.6 is 0 Å². The third-order valence-electron chi connectivity index (χ3n) is 14.2. The minimum Gasteiger partial charge on any atom is -0.507 e. The number of benzene rings is 8. The second-order valence-electron chi connectivity index (χ2n) is 21.3. The number of rotatable bonds is 8. The Morgan fingerprint density at radius 2 is 1.11 bits per heavy atom. The van der Waals surface area contributed by atoms with Gasteiger partial charge in [0.1, 0.15) is 22.7 Å². The lowest BCUT2D eigenvalue weighted by molar-refractivity contribution is 0.476. The Hall–Kier alpha value is -8.02. The van der Waals surface area contributed by atoms with Gasteiger partial charge >= 0.3 is 0 Å². The van der Waals surface area contributed by atoms with Gasteiger partial charge in [-0.15, -0.1) is 0 Å². The summed E-state index contributed by atoms with van der Waals surface area (Å²) in [7, 11) is 0. The molecular formula is C65H57N3O2. The smallest absolute Gasteiger partial charge is 0.149 e. The van der Waals surface area contributed by atoms with E-state index in [2.05, 4.69) is 218 Å². The largest absolute Gasteiger partial charge is 0.507 e. The molecule has 0 bridgehead atoms. The first-order valence-electron chi connectivity index (χ1n) is 24.3. The Labute approximate surface area is 410 Å². The summed E-state index contributed by atoms with van der Waals surface area (Å²) < 4.78 is 8.49. The normalized spacial score (nSPS) is 12.3. The van der Waals surface area contributed by atoms with Crippen LogP contribution in [0.2, 0.25) is 0 Å². The van der Waals surface area contributed by atoms with Gasteiger partial charge in [0.2, 0.25) is 0 Å². The summed E-state index contributed by atoms with van der Waals surface area (Å²) in [6.07, 6.45) is 1.92. The average Bonchev–Trinajstić information content (AvgIpc) is 3.94. The third-order valence-corrected chi connectivity index (χ3v) is 14.2. The molecule has 11 rings (SSSR count). The summed E-state index contributed by atoms with van der Waals surface area (Å²) in [5, 5.41) is 14.0. The van der Waals surface area contributed by atoms with Crippen molar-refractivity contribution in [2.75, 3.05) is 0 Å². The molecule has 0 radical (unpaired) electrons. The van der Waals surface area contributed by atoms with Crippen molar-refractivity contribution in [1.82, 2.24) is 14.5 Å². The predicted octanol–water partition coefficient (Wildman–Crippen LogP) is 17.3. The highest BCUT2D eigenvalue weighted by atomic mass is 16.3. The molecule has 344 valence electrons. The van der Waals surface area contributed by atoms with Gasteiger partial charge < -0.3 is 9.52 Å². The van der Waals surface area contributed by atoms with Gasteiger partial charge in [-0.3, -0.25) is 9.55 Å². The molecule has 0 saturated heterocycles. The van der Waals surface area contributed by atoms with Crippen LogP contribution in [0.5, 0.6) is 5.75 Å². The second-order valence-corrected chi connectivity index (χ2v) is 21.3. The standard InChI is InChI=1S/C65H57N3O2/c1-63(2,3)48-30-31-56(52(38-48)42-18-11-9-12-19-42)68-57-24-17-23-50(61(57)67-62(68)54-39-53-51-22-15-16-25-59(51)70-60(53)40-58(54)69)44-34-45(36-49(35-44)64(4,5)6)55-37-43(32-33-66-55)41-26-28-47(29-27-41)65(7,8)46-20-13-10-14-21-46/h9-40,69H,1-8H3. The number of hydrogen-bond donors (Lipinski definition) is 1. The lowest BCUT2D eigenvalue weighted by Gasteiger charge is -2.26. The predicted molar refractivity (Wildman–Crippen MR) is 291 cm³/mol. The van der Waals surface area contributed by atoms with E-state index in [1.165, 1.54) is 22.3 Å². The summed E-state index contributed by atoms with van der Waals surface area (Å²) in [5.41, 5.74) is 17.7. The van der Waals surface area contributed by atoms with Crippen LogP contribution in [0.25, 0.3) is 94.7 Å². The molecule has 0 atom stereocenters. The van der Waals surface area contributed by atoms with E-state index < -0.39 is 0 Å². The van der Waals surface area contributed by atoms with E-state index in [4.69, 9.17) is 14.4 Å². The van der Waals surface area contributed by atoms with Crippen LogP contribution < -0.4 is 0 Å². The molecule has 0 aliphatic heterocycles. The fourth-order valence-corrected chi connectivity index (χ4v) is 9.98. The summed E-state index contributed by atoms with van der Waals surface area (Å²) in [6, 6.07) is 66.4. The Morgan fingerprint density at radius 1 is 0.443 bits per heavy atom. The number of pyridine rings is 1. The second kappa shape index (κ2) is 16.9. The van der Waals surface area contributed by atoms with Crippen molar-refractivity contribution in [1.29, 1.82) is 0 Å². The average molecular weight is 912 g/mol. The van der Waals surface area contributed by atoms with Crippen LogP contribution in [0, 0.1) is 0 Å². The van der Waals surface area contributed by atoms with E-state index >= 15 is 0 Å². The summed E-state index contributed by atoms with van der Waals surface area (Å²) in [5.74, 6) is 0.724. The third kappa shape index (κ3) is 7.95. The lowest BCUT2D eigenvalue weighted by Crippen LogP contribution is -2.18. The minimum absolute atomic E-state index is 0.0881. The van der Waals surface area contributed by atoms with E-state index in [0.717, 1.165) is 77.7 Å². The van der Waals surface area contributed by atoms with Crippen molar-refractivity contribution < 1.29 is 9.52 Å². The molecular weight excluding hydrogens is 855 g/mol. The molecule has 0 amide bonds. The molecule has 0 aliphatic rings. The SMILES string of the molecule is CC(C)(C)c1cc(-c2cc(-c3ccc(C(C)(C)c4ccccc4)cc3)ccn2)cc(-c2cccc3c2nc(-c2cc4c(cc2O)oc2ccccc24)n3-c2ccc(C(C)(C)C)cc2-c2ccccc2)c1. The number of nitrogens with zero attached hydrogens (tertiary/aromatic N) is 3. The highest BCUT2D eigenvalue weighted by molar-refractivity contribution is 6.07. The molecule has 0 aliphatic carbocycles. The molecule has 11 aromatic rings. The van der Waals surface area contributed by atoms with E-state index in [1.807, 2.05) is 30.5 Å². The van der Waals surface area contributed by atoms with E-state index in [9.17, 15) is 5.11 Å². The maximum Gasteiger partial charge on any atom is 0.149 e. The van der Waals surface area contributed by atoms with Gasteiger partial charge in [0.25, 0.3) is 0 Å². The maximum atomic E-state index is 12.1. The van der Waals surface area contributed by atoms with Crippen molar-refractivity contribution in [3.63, 3.8) is 0 Å². The van der Waals surface area contributed by atoms with Crippen LogP contribution in [0.1, 0.15) is 77.6 Å². The number of phenols is 1. The molecule has 3 aromatic heterocycles. The zero-order valence-electron chi connectivity index (χ0n) is 41.2. The van der Waals surface area contributed by atoms with Crippen molar-refractivity contribution in [2.45, 2.75) is 71.6 Å². The van der Waals surface area contributed by atoms with E-state index in [1.54, 1.807) is 6.07 Å². The number of aromatic hydroxyl groups is 1. The fourth-order valence-electron chi connectivity index (χ4n) is 9.98. The quantitative estimate of drug-likeness (QED) is 0.165. The highest BCUT2D eigenvalue weighted by Crippen LogP contribution is 2.45. The van der Waals surface area contributed by atoms with Gasteiger partial charge in [-0.05, 0) is 110 Å². The Morgan fingerprint density at radius 3 is 1.86 bits per heavy atom. The van der Waals surface area contributed by atoms with Crippen LogP contribution in [0.15, 0.2) is 199 Å². The number of hydrogen-bond acceptors (Lipinski definition) is 4. The number of furan rings is 1. The minimum atomic E-state index is -0.171. The molecule has 8 aromatic carbocycles. The van der Waals surface area contributed by atoms with Crippen LogP contribution in [0.3, 0.4) is 0 Å². The number of imidazole rings is 1. The molecule has 5 nitrogen and oxygen atoms in total. The molecule has 0 unspecified atom stereocenters. The van der Waals surface area contributed by atoms with Gasteiger partial charge in [-0.2, -0.15) is 0 Å². The number of para-hydroxylation sites is 2. The molecule has 1 N–H and O–H groups in total. The van der Waals surface area contributed by atoms with Crippen LogP contribution in [-0.4, -0.2) is 19.6 Å². The first kappa shape index (κ1) is 44.5. The van der Waals surface area contributed by atoms with Crippen LogP contribution in [-0.2, 0) is 16.2 Å². The molecule has 0 saturated carbocycles. The molecule has 70 heavy (non-hydrogen) atoms. The number of aromatic nitrogens is 3. The van der Waals surface area contributed by atoms with Gasteiger partial charge in [0.05, 0.1) is 28.0 Å². The first-order valence-corrected chi connectivity index (χ1v) is 24.3.